The number of carbonyl (C=O) groups is 1. The lowest BCUT2D eigenvalue weighted by Gasteiger charge is -2.11. The van der Waals surface area contributed by atoms with E-state index in [1.807, 2.05) is 0 Å². The van der Waals surface area contributed by atoms with Gasteiger partial charge in [0.1, 0.15) is 23.8 Å². The molecule has 0 heterocycles. The van der Waals surface area contributed by atoms with E-state index in [-0.39, 0.29) is 17.9 Å². The molecular formula is C19H22N2O7. The highest BCUT2D eigenvalue weighted by Gasteiger charge is 2.19. The summed E-state index contributed by atoms with van der Waals surface area (Å²) in [4.78, 5) is 23.1. The fraction of sp³-hybridized carbons (Fsp3) is 0.316. The highest BCUT2D eigenvalue weighted by Crippen LogP contribution is 2.27. The van der Waals surface area contributed by atoms with Crippen LogP contribution in [-0.4, -0.2) is 45.4 Å². The van der Waals surface area contributed by atoms with Crippen molar-refractivity contribution in [1.82, 2.24) is 0 Å². The summed E-state index contributed by atoms with van der Waals surface area (Å²) >= 11 is 0. The number of nitro groups is 1. The maximum atomic E-state index is 12.4. The van der Waals surface area contributed by atoms with Crippen molar-refractivity contribution in [3.8, 4) is 11.5 Å². The lowest BCUT2D eigenvalue weighted by Crippen LogP contribution is -2.11. The summed E-state index contributed by atoms with van der Waals surface area (Å²) in [5.41, 5.74) is 0.769. The highest BCUT2D eigenvalue weighted by molar-refractivity contribution is 5.91. The van der Waals surface area contributed by atoms with Gasteiger partial charge in [-0.15, -0.1) is 0 Å². The van der Waals surface area contributed by atoms with Gasteiger partial charge < -0.3 is 24.3 Å². The Morgan fingerprint density at radius 1 is 1.11 bits per heavy atom. The quantitative estimate of drug-likeness (QED) is 0.285. The monoisotopic (exact) mass is 390 g/mol. The molecule has 2 aromatic carbocycles. The third-order valence-corrected chi connectivity index (χ3v) is 3.90. The van der Waals surface area contributed by atoms with Crippen LogP contribution in [0.4, 0.5) is 11.4 Å². The Morgan fingerprint density at radius 3 is 2.54 bits per heavy atom. The van der Waals surface area contributed by atoms with Gasteiger partial charge in [-0.3, -0.25) is 10.1 Å². The number of nitro benzene ring substituents is 1. The summed E-state index contributed by atoms with van der Waals surface area (Å²) in [6, 6.07) is 9.23. The average Bonchev–Trinajstić information content (AvgIpc) is 2.71. The van der Waals surface area contributed by atoms with Crippen molar-refractivity contribution in [2.75, 3.05) is 39.8 Å². The zero-order chi connectivity index (χ0) is 20.5. The smallest absolute Gasteiger partial charge is 0.338 e. The Morgan fingerprint density at radius 2 is 1.89 bits per heavy atom. The Bertz CT molecular complexity index is 839. The number of anilines is 1. The zero-order valence-electron chi connectivity index (χ0n) is 15.9. The van der Waals surface area contributed by atoms with Gasteiger partial charge in [0.05, 0.1) is 31.3 Å². The van der Waals surface area contributed by atoms with E-state index < -0.39 is 10.9 Å². The predicted molar refractivity (Wildman–Crippen MR) is 102 cm³/mol. The molecule has 9 nitrogen and oxygen atoms in total. The molecule has 9 heteroatoms. The van der Waals surface area contributed by atoms with Crippen molar-refractivity contribution in [2.24, 2.45) is 0 Å². The number of esters is 1. The van der Waals surface area contributed by atoms with Crippen LogP contribution in [0.5, 0.6) is 11.5 Å². The molecule has 0 unspecified atom stereocenters. The maximum absolute atomic E-state index is 12.4. The van der Waals surface area contributed by atoms with E-state index in [9.17, 15) is 14.9 Å². The zero-order valence-corrected chi connectivity index (χ0v) is 15.9. The predicted octanol–water partition coefficient (Wildman–Crippen LogP) is 3.03. The maximum Gasteiger partial charge on any atom is 0.338 e. The summed E-state index contributed by atoms with van der Waals surface area (Å²) in [6.45, 7) is 0.723. The molecule has 0 saturated carbocycles. The molecule has 0 bridgehead atoms. The largest absolute Gasteiger partial charge is 0.497 e. The summed E-state index contributed by atoms with van der Waals surface area (Å²) in [5, 5.41) is 14.2. The van der Waals surface area contributed by atoms with Gasteiger partial charge in [-0.25, -0.2) is 4.79 Å². The Balaban J connectivity index is 2.14. The normalized spacial score (nSPS) is 10.2. The van der Waals surface area contributed by atoms with Crippen molar-refractivity contribution < 1.29 is 28.7 Å². The SMILES string of the molecule is COCCNc1ccc(C(=O)OCc2cc(OC)ccc2OC)cc1[N+](=O)[O-]. The molecule has 0 aliphatic carbocycles. The Hall–Kier alpha value is -3.33. The van der Waals surface area contributed by atoms with Crippen LogP contribution in [0.3, 0.4) is 0 Å². The van der Waals surface area contributed by atoms with Crippen LogP contribution in [0, 0.1) is 10.1 Å². The summed E-state index contributed by atoms with van der Waals surface area (Å²) in [6.07, 6.45) is 0. The van der Waals surface area contributed by atoms with Crippen LogP contribution >= 0.6 is 0 Å². The minimum atomic E-state index is -0.684. The minimum absolute atomic E-state index is 0.0686. The molecule has 0 radical (unpaired) electrons. The Labute approximate surface area is 162 Å². The number of nitrogens with one attached hydrogen (secondary N) is 1. The standard InChI is InChI=1S/C19H22N2O7/c1-25-9-8-20-16-6-4-13(11-17(16)21(23)24)19(22)28-12-14-10-15(26-2)5-7-18(14)27-3/h4-7,10-11,20H,8-9,12H2,1-3H3. The molecule has 28 heavy (non-hydrogen) atoms. The second-order valence-electron chi connectivity index (χ2n) is 5.66. The molecule has 2 rings (SSSR count). The topological polar surface area (TPSA) is 109 Å². The third-order valence-electron chi connectivity index (χ3n) is 3.90. The molecule has 0 atom stereocenters. The van der Waals surface area contributed by atoms with Crippen molar-refractivity contribution in [2.45, 2.75) is 6.61 Å². The van der Waals surface area contributed by atoms with Crippen LogP contribution in [-0.2, 0) is 16.1 Å². The van der Waals surface area contributed by atoms with E-state index in [2.05, 4.69) is 5.32 Å². The lowest BCUT2D eigenvalue weighted by atomic mass is 10.1. The molecule has 1 N–H and O–H groups in total. The van der Waals surface area contributed by atoms with Gasteiger partial charge in [0, 0.05) is 25.3 Å². The minimum Gasteiger partial charge on any atom is -0.497 e. The highest BCUT2D eigenvalue weighted by atomic mass is 16.6. The van der Waals surface area contributed by atoms with E-state index in [4.69, 9.17) is 18.9 Å². The van der Waals surface area contributed by atoms with Gasteiger partial charge in [-0.1, -0.05) is 0 Å². The molecule has 0 aromatic heterocycles. The molecule has 0 amide bonds. The van der Waals surface area contributed by atoms with E-state index in [0.29, 0.717) is 35.9 Å². The molecule has 0 aliphatic heterocycles. The third kappa shape index (κ3) is 5.34. The average molecular weight is 390 g/mol. The van der Waals surface area contributed by atoms with Crippen LogP contribution in [0.25, 0.3) is 0 Å². The first-order chi connectivity index (χ1) is 13.5. The van der Waals surface area contributed by atoms with E-state index in [0.717, 1.165) is 0 Å². The molecule has 0 saturated heterocycles. The molecule has 150 valence electrons. The fourth-order valence-electron chi connectivity index (χ4n) is 2.47. The van der Waals surface area contributed by atoms with Crippen LogP contribution in [0.15, 0.2) is 36.4 Å². The van der Waals surface area contributed by atoms with E-state index >= 15 is 0 Å². The van der Waals surface area contributed by atoms with Crippen LogP contribution in [0.2, 0.25) is 0 Å². The number of hydrogen-bond donors (Lipinski definition) is 1. The van der Waals surface area contributed by atoms with E-state index in [1.54, 1.807) is 18.2 Å². The number of benzene rings is 2. The van der Waals surface area contributed by atoms with Crippen molar-refractivity contribution in [3.05, 3.63) is 57.6 Å². The first kappa shape index (κ1) is 21.0. The molecule has 0 aliphatic rings. The van der Waals surface area contributed by atoms with Gasteiger partial charge in [0.15, 0.2) is 0 Å². The molecule has 0 spiro atoms. The number of hydrogen-bond acceptors (Lipinski definition) is 8. The molecule has 0 fully saturated rings. The van der Waals surface area contributed by atoms with Crippen molar-refractivity contribution in [1.29, 1.82) is 0 Å². The molecule has 2 aromatic rings. The van der Waals surface area contributed by atoms with E-state index in [1.165, 1.54) is 39.5 Å². The van der Waals surface area contributed by atoms with Gasteiger partial charge in [-0.05, 0) is 30.3 Å². The number of rotatable bonds is 10. The van der Waals surface area contributed by atoms with Crippen LogP contribution in [0.1, 0.15) is 15.9 Å². The summed E-state index contributed by atoms with van der Waals surface area (Å²) in [7, 11) is 4.57. The number of nitrogens with zero attached hydrogens (tertiary/aromatic N) is 1. The first-order valence-corrected chi connectivity index (χ1v) is 8.39. The number of methoxy groups -OCH3 is 3. The summed E-state index contributed by atoms with van der Waals surface area (Å²) < 4.78 is 20.6. The second-order valence-corrected chi connectivity index (χ2v) is 5.66. The number of carbonyl (C=O) groups excluding carboxylic acids is 1. The van der Waals surface area contributed by atoms with Crippen LogP contribution < -0.4 is 14.8 Å². The lowest BCUT2D eigenvalue weighted by molar-refractivity contribution is -0.384. The summed E-state index contributed by atoms with van der Waals surface area (Å²) in [5.74, 6) is 0.447. The fourth-order valence-corrected chi connectivity index (χ4v) is 2.47. The molecular weight excluding hydrogens is 368 g/mol. The second kappa shape index (κ2) is 10.1. The number of ether oxygens (including phenoxy) is 4. The first-order valence-electron chi connectivity index (χ1n) is 8.39. The van der Waals surface area contributed by atoms with Gasteiger partial charge >= 0.3 is 5.97 Å². The Kier molecular flexibility index (Phi) is 7.58. The van der Waals surface area contributed by atoms with Gasteiger partial charge in [-0.2, -0.15) is 0 Å². The van der Waals surface area contributed by atoms with Gasteiger partial charge in [0.2, 0.25) is 0 Å². The van der Waals surface area contributed by atoms with Crippen molar-refractivity contribution in [3.63, 3.8) is 0 Å². The van der Waals surface area contributed by atoms with Crippen molar-refractivity contribution >= 4 is 17.3 Å². The van der Waals surface area contributed by atoms with Gasteiger partial charge in [0.25, 0.3) is 5.69 Å².